The predicted octanol–water partition coefficient (Wildman–Crippen LogP) is 4.50. The van der Waals surface area contributed by atoms with Gasteiger partial charge in [-0.15, -0.1) is 0 Å². The fourth-order valence-corrected chi connectivity index (χ4v) is 4.49. The molecule has 0 atom stereocenters. The van der Waals surface area contributed by atoms with Crippen molar-refractivity contribution in [2.75, 3.05) is 20.2 Å². The number of amides is 2. The van der Waals surface area contributed by atoms with Crippen LogP contribution in [0.5, 0.6) is 5.75 Å². The van der Waals surface area contributed by atoms with Crippen LogP contribution in [0.2, 0.25) is 0 Å². The van der Waals surface area contributed by atoms with Crippen LogP contribution < -0.4 is 10.1 Å². The second-order valence-electron chi connectivity index (χ2n) is 7.98. The molecule has 2 aromatic carbocycles. The zero-order valence-corrected chi connectivity index (χ0v) is 19.1. The Morgan fingerprint density at radius 3 is 2.71 bits per heavy atom. The lowest BCUT2D eigenvalue weighted by Crippen LogP contribution is -2.39. The predicted molar refractivity (Wildman–Crippen MR) is 124 cm³/mol. The van der Waals surface area contributed by atoms with Gasteiger partial charge in [-0.3, -0.25) is 9.59 Å². The summed E-state index contributed by atoms with van der Waals surface area (Å²) in [5.74, 6) is 1.13. The summed E-state index contributed by atoms with van der Waals surface area (Å²) in [6, 6.07) is 15.5. The van der Waals surface area contributed by atoms with Crippen molar-refractivity contribution in [2.24, 2.45) is 5.92 Å². The topological polar surface area (TPSA) is 74.4 Å². The van der Waals surface area contributed by atoms with Crippen LogP contribution in [0.25, 0.3) is 10.9 Å². The smallest absolute Gasteiger partial charge is 0.270 e. The van der Waals surface area contributed by atoms with Gasteiger partial charge in [0.05, 0.1) is 7.11 Å². The van der Waals surface area contributed by atoms with Crippen LogP contribution in [0.1, 0.15) is 35.3 Å². The lowest BCUT2D eigenvalue weighted by atomic mass is 9.93. The van der Waals surface area contributed by atoms with Gasteiger partial charge in [-0.25, -0.2) is 0 Å². The van der Waals surface area contributed by atoms with Crippen molar-refractivity contribution in [3.8, 4) is 5.75 Å². The quantitative estimate of drug-likeness (QED) is 0.541. The molecule has 4 rings (SSSR count). The molecule has 1 aliphatic heterocycles. The van der Waals surface area contributed by atoms with Crippen LogP contribution >= 0.6 is 15.9 Å². The molecule has 6 nitrogen and oxygen atoms in total. The highest BCUT2D eigenvalue weighted by molar-refractivity contribution is 9.10. The van der Waals surface area contributed by atoms with E-state index in [1.54, 1.807) is 7.11 Å². The first-order valence-corrected chi connectivity index (χ1v) is 11.3. The van der Waals surface area contributed by atoms with Crippen LogP contribution in [0.3, 0.4) is 0 Å². The minimum absolute atomic E-state index is 0.00715. The molecule has 0 saturated carbocycles. The van der Waals surface area contributed by atoms with E-state index in [4.69, 9.17) is 4.74 Å². The highest BCUT2D eigenvalue weighted by Gasteiger charge is 2.26. The molecule has 1 aromatic heterocycles. The Kier molecular flexibility index (Phi) is 6.61. The van der Waals surface area contributed by atoms with E-state index in [0.29, 0.717) is 37.7 Å². The summed E-state index contributed by atoms with van der Waals surface area (Å²) in [7, 11) is 1.63. The Balaban J connectivity index is 1.27. The number of nitrogens with one attached hydrogen (secondary N) is 2. The fourth-order valence-electron chi connectivity index (χ4n) is 4.04. The normalized spacial score (nSPS) is 14.6. The SMILES string of the molecule is COc1ccc2cc(C(=O)N3CCC(CC(=O)NCc4cccc(Br)c4)CC3)[nH]c2c1. The number of fused-ring (bicyclic) bond motifs is 1. The molecular formula is C24H26BrN3O3. The largest absolute Gasteiger partial charge is 0.497 e. The molecule has 1 aliphatic rings. The average molecular weight is 484 g/mol. The van der Waals surface area contributed by atoms with Gasteiger partial charge < -0.3 is 19.9 Å². The molecule has 3 aromatic rings. The minimum Gasteiger partial charge on any atom is -0.497 e. The average Bonchev–Trinajstić information content (AvgIpc) is 3.21. The number of carbonyl (C=O) groups excluding carboxylic acids is 2. The van der Waals surface area contributed by atoms with E-state index in [1.165, 1.54) is 0 Å². The molecule has 0 radical (unpaired) electrons. The number of aromatic nitrogens is 1. The van der Waals surface area contributed by atoms with Crippen molar-refractivity contribution in [2.45, 2.75) is 25.8 Å². The van der Waals surface area contributed by atoms with Crippen LogP contribution in [0.4, 0.5) is 0 Å². The highest BCUT2D eigenvalue weighted by atomic mass is 79.9. The maximum Gasteiger partial charge on any atom is 0.270 e. The number of hydrogen-bond acceptors (Lipinski definition) is 3. The summed E-state index contributed by atoms with van der Waals surface area (Å²) in [6.07, 6.45) is 2.18. The van der Waals surface area contributed by atoms with E-state index in [9.17, 15) is 9.59 Å². The molecule has 2 amide bonds. The molecule has 2 N–H and O–H groups in total. The van der Waals surface area contributed by atoms with Crippen molar-refractivity contribution in [1.29, 1.82) is 0 Å². The molecule has 0 spiro atoms. The van der Waals surface area contributed by atoms with E-state index < -0.39 is 0 Å². The Morgan fingerprint density at radius 1 is 1.16 bits per heavy atom. The van der Waals surface area contributed by atoms with Crippen molar-refractivity contribution in [3.05, 3.63) is 64.3 Å². The molecule has 31 heavy (non-hydrogen) atoms. The number of methoxy groups -OCH3 is 1. The van der Waals surface area contributed by atoms with Gasteiger partial charge >= 0.3 is 0 Å². The summed E-state index contributed by atoms with van der Waals surface area (Å²) < 4.78 is 6.25. The molecular weight excluding hydrogens is 458 g/mol. The number of rotatable bonds is 6. The number of aromatic amines is 1. The summed E-state index contributed by atoms with van der Waals surface area (Å²) in [5, 5.41) is 3.99. The monoisotopic (exact) mass is 483 g/mol. The summed E-state index contributed by atoms with van der Waals surface area (Å²) >= 11 is 3.45. The lowest BCUT2D eigenvalue weighted by molar-refractivity contribution is -0.122. The molecule has 162 valence electrons. The number of benzene rings is 2. The molecule has 0 aliphatic carbocycles. The van der Waals surface area contributed by atoms with Gasteiger partial charge in [0, 0.05) is 47.5 Å². The first-order chi connectivity index (χ1) is 15.0. The van der Waals surface area contributed by atoms with Crippen molar-refractivity contribution >= 4 is 38.6 Å². The van der Waals surface area contributed by atoms with Gasteiger partial charge in [-0.1, -0.05) is 28.1 Å². The van der Waals surface area contributed by atoms with Crippen LogP contribution in [-0.4, -0.2) is 41.9 Å². The minimum atomic E-state index is 0.00715. The Labute approximate surface area is 190 Å². The first kappa shape index (κ1) is 21.4. The molecule has 1 fully saturated rings. The van der Waals surface area contributed by atoms with E-state index in [-0.39, 0.29) is 11.8 Å². The van der Waals surface area contributed by atoms with Crippen molar-refractivity contribution in [3.63, 3.8) is 0 Å². The number of H-pyrrole nitrogens is 1. The van der Waals surface area contributed by atoms with Gasteiger partial charge in [0.15, 0.2) is 0 Å². The van der Waals surface area contributed by atoms with Crippen LogP contribution in [0, 0.1) is 5.92 Å². The lowest BCUT2D eigenvalue weighted by Gasteiger charge is -2.31. The van der Waals surface area contributed by atoms with Crippen LogP contribution in [-0.2, 0) is 11.3 Å². The highest BCUT2D eigenvalue weighted by Crippen LogP contribution is 2.25. The van der Waals surface area contributed by atoms with Crippen LogP contribution in [0.15, 0.2) is 53.0 Å². The number of carbonyl (C=O) groups is 2. The van der Waals surface area contributed by atoms with E-state index in [2.05, 4.69) is 26.2 Å². The summed E-state index contributed by atoms with van der Waals surface area (Å²) in [4.78, 5) is 30.3. The molecule has 0 unspecified atom stereocenters. The number of nitrogens with zero attached hydrogens (tertiary/aromatic N) is 1. The van der Waals surface area contributed by atoms with Gasteiger partial charge in [-0.05, 0) is 54.7 Å². The summed E-state index contributed by atoms with van der Waals surface area (Å²) in [5.41, 5.74) is 2.55. The maximum atomic E-state index is 12.9. The van der Waals surface area contributed by atoms with E-state index >= 15 is 0 Å². The molecule has 7 heteroatoms. The van der Waals surface area contributed by atoms with E-state index in [1.807, 2.05) is 53.4 Å². The first-order valence-electron chi connectivity index (χ1n) is 10.5. The fraction of sp³-hybridized carbons (Fsp3) is 0.333. The zero-order chi connectivity index (χ0) is 21.8. The maximum absolute atomic E-state index is 12.9. The molecule has 0 bridgehead atoms. The van der Waals surface area contributed by atoms with Crippen molar-refractivity contribution < 1.29 is 14.3 Å². The van der Waals surface area contributed by atoms with Gasteiger partial charge in [0.1, 0.15) is 11.4 Å². The number of likely N-dealkylation sites (tertiary alicyclic amines) is 1. The van der Waals surface area contributed by atoms with Crippen molar-refractivity contribution in [1.82, 2.24) is 15.2 Å². The summed E-state index contributed by atoms with van der Waals surface area (Å²) in [6.45, 7) is 1.86. The van der Waals surface area contributed by atoms with Gasteiger partial charge in [0.2, 0.25) is 5.91 Å². The second-order valence-corrected chi connectivity index (χ2v) is 8.90. The number of ether oxygens (including phenoxy) is 1. The molecule has 2 heterocycles. The third-order valence-corrected chi connectivity index (χ3v) is 6.31. The second kappa shape index (κ2) is 9.56. The Morgan fingerprint density at radius 2 is 1.97 bits per heavy atom. The number of piperidine rings is 1. The third kappa shape index (κ3) is 5.28. The number of halogens is 1. The number of hydrogen-bond donors (Lipinski definition) is 2. The molecule has 1 saturated heterocycles. The van der Waals surface area contributed by atoms with Gasteiger partial charge in [0.25, 0.3) is 5.91 Å². The zero-order valence-electron chi connectivity index (χ0n) is 17.5. The van der Waals surface area contributed by atoms with E-state index in [0.717, 1.165) is 39.5 Å². The van der Waals surface area contributed by atoms with Gasteiger partial charge in [-0.2, -0.15) is 0 Å². The third-order valence-electron chi connectivity index (χ3n) is 5.81. The Bertz CT molecular complexity index is 1090. The standard InChI is InChI=1S/C24H26BrN3O3/c1-31-20-6-5-18-13-22(27-21(18)14-20)24(30)28-9-7-16(8-10-28)12-23(29)26-15-17-3-2-4-19(25)11-17/h2-6,11,13-14,16,27H,7-10,12,15H2,1H3,(H,26,29). The Hall–Kier alpha value is -2.80.